The highest BCUT2D eigenvalue weighted by atomic mass is 16.3. The van der Waals surface area contributed by atoms with Gasteiger partial charge in [0.1, 0.15) is 11.2 Å². The normalized spacial score (nSPS) is 14.0. The molecule has 96 heavy (non-hydrogen) atoms. The Kier molecular flexibility index (Phi) is 13.5. The molecule has 0 aliphatic carbocycles. The van der Waals surface area contributed by atoms with Crippen LogP contribution in [0, 0.1) is 0 Å². The van der Waals surface area contributed by atoms with E-state index in [1.807, 2.05) is 6.07 Å². The van der Waals surface area contributed by atoms with Gasteiger partial charge in [-0.05, 0) is 176 Å². The fourth-order valence-electron chi connectivity index (χ4n) is 14.6. The molecule has 1 aromatic heterocycles. The lowest BCUT2D eigenvalue weighted by Gasteiger charge is -2.46. The molecule has 0 radical (unpaired) electrons. The monoisotopic (exact) mass is 1250 g/mol. The van der Waals surface area contributed by atoms with Crippen LogP contribution in [0.5, 0.6) is 0 Å². The van der Waals surface area contributed by atoms with Gasteiger partial charge in [0.15, 0.2) is 0 Å². The molecule has 3 heterocycles. The van der Waals surface area contributed by atoms with Crippen LogP contribution in [0.15, 0.2) is 259 Å². The van der Waals surface area contributed by atoms with Crippen LogP contribution in [-0.4, -0.2) is 6.71 Å². The Morgan fingerprint density at radius 1 is 0.302 bits per heavy atom. The van der Waals surface area contributed by atoms with Crippen LogP contribution >= 0.6 is 0 Å². The zero-order valence-corrected chi connectivity index (χ0v) is 58.2. The van der Waals surface area contributed by atoms with Gasteiger partial charge in [-0.1, -0.05) is 304 Å². The smallest absolute Gasteiger partial charge is 0.252 e. The standard InChI is InChI=1S/C92H87BN2O/c1-88(2,3)67-46-64(47-68(54-67)89(4,5)6)63-41-44-77-79(51-63)95(87-72(59-32-22-17-23-33-59)42-45-83-84(87)73-38-28-29-39-82(73)96-83)81-53-66(65-48-69(90(7,8)9)55-70(49-65)91(10,11)12)52-80-85(81)93(77)76-43-40-62(58-30-20-16-21-31-58)50-78(76)94(80)86-74(60-34-24-18-25-35-60)56-71(92(13,14)15)57-75(86)61-36-26-19-27-37-61/h16-57H,1-15H3/i16D,20D,21D,30D,31D. The van der Waals surface area contributed by atoms with Crippen molar-refractivity contribution in [2.24, 2.45) is 0 Å². The first-order chi connectivity index (χ1) is 47.8. The summed E-state index contributed by atoms with van der Waals surface area (Å²) >= 11 is 0. The van der Waals surface area contributed by atoms with Gasteiger partial charge in [0.05, 0.1) is 23.6 Å². The highest BCUT2D eigenvalue weighted by Crippen LogP contribution is 2.56. The number of fused-ring (bicyclic) bond motifs is 7. The van der Waals surface area contributed by atoms with Crippen molar-refractivity contribution < 1.29 is 11.3 Å². The molecule has 4 heteroatoms. The first kappa shape index (κ1) is 56.5. The van der Waals surface area contributed by atoms with Crippen molar-refractivity contribution in [2.75, 3.05) is 9.80 Å². The Hall–Kier alpha value is -9.90. The van der Waals surface area contributed by atoms with E-state index in [2.05, 4.69) is 332 Å². The molecule has 0 saturated carbocycles. The van der Waals surface area contributed by atoms with E-state index in [0.29, 0.717) is 5.56 Å². The summed E-state index contributed by atoms with van der Waals surface area (Å²) in [6.45, 7) is 34.1. The fourth-order valence-corrected chi connectivity index (χ4v) is 14.6. The summed E-state index contributed by atoms with van der Waals surface area (Å²) in [4.78, 5) is 5.10. The second kappa shape index (κ2) is 22.9. The van der Waals surface area contributed by atoms with E-state index in [-0.39, 0.29) is 56.8 Å². The minimum atomic E-state index is -0.432. The predicted octanol–water partition coefficient (Wildman–Crippen LogP) is 24.2. The van der Waals surface area contributed by atoms with E-state index in [9.17, 15) is 2.74 Å². The lowest BCUT2D eigenvalue weighted by atomic mass is 9.33. The van der Waals surface area contributed by atoms with Gasteiger partial charge in [-0.15, -0.1) is 0 Å². The molecule has 0 unspecified atom stereocenters. The van der Waals surface area contributed by atoms with E-state index < -0.39 is 12.8 Å². The van der Waals surface area contributed by atoms with Gasteiger partial charge in [-0.25, -0.2) is 0 Å². The third kappa shape index (κ3) is 11.0. The van der Waals surface area contributed by atoms with Gasteiger partial charge in [0.2, 0.25) is 0 Å². The van der Waals surface area contributed by atoms with E-state index in [1.165, 1.54) is 27.8 Å². The average Bonchev–Trinajstić information content (AvgIpc) is 0.722. The zero-order valence-electron chi connectivity index (χ0n) is 63.2. The molecule has 0 fully saturated rings. The molecule has 2 aliphatic rings. The summed E-state index contributed by atoms with van der Waals surface area (Å²) in [5, 5.41) is 2.00. The number of hydrogen-bond donors (Lipinski definition) is 0. The second-order valence-corrected chi connectivity index (χ2v) is 31.9. The molecule has 0 bridgehead atoms. The Balaban J connectivity index is 1.19. The summed E-state index contributed by atoms with van der Waals surface area (Å²) < 4.78 is 53.4. The van der Waals surface area contributed by atoms with Crippen LogP contribution in [0.1, 0.15) is 139 Å². The molecule has 0 saturated heterocycles. The lowest BCUT2D eigenvalue weighted by molar-refractivity contribution is 0.568. The van der Waals surface area contributed by atoms with Crippen LogP contribution in [0.25, 0.3) is 88.7 Å². The van der Waals surface area contributed by atoms with Gasteiger partial charge < -0.3 is 14.2 Å². The Morgan fingerprint density at radius 2 is 0.688 bits per heavy atom. The first-order valence-electron chi connectivity index (χ1n) is 36.6. The summed E-state index contributed by atoms with van der Waals surface area (Å²) in [6.07, 6.45) is 0. The van der Waals surface area contributed by atoms with Gasteiger partial charge in [0, 0.05) is 44.8 Å². The number of para-hydroxylation sites is 1. The van der Waals surface area contributed by atoms with Crippen molar-refractivity contribution in [3.8, 4) is 66.8 Å². The molecule has 2 aliphatic heterocycles. The number of nitrogens with zero attached hydrogens (tertiary/aromatic N) is 2. The Bertz CT molecular complexity index is 5350. The van der Waals surface area contributed by atoms with Crippen molar-refractivity contribution in [3.05, 3.63) is 282 Å². The van der Waals surface area contributed by atoms with Gasteiger partial charge in [-0.3, -0.25) is 0 Å². The first-order valence-corrected chi connectivity index (χ1v) is 34.1. The molecule has 15 rings (SSSR count). The van der Waals surface area contributed by atoms with Crippen molar-refractivity contribution >= 4 is 79.2 Å². The van der Waals surface area contributed by atoms with E-state index in [0.717, 1.165) is 128 Å². The van der Waals surface area contributed by atoms with Crippen molar-refractivity contribution in [1.82, 2.24) is 0 Å². The quantitative estimate of drug-likeness (QED) is 0.141. The van der Waals surface area contributed by atoms with E-state index in [4.69, 9.17) is 8.53 Å². The van der Waals surface area contributed by atoms with Crippen molar-refractivity contribution in [2.45, 2.75) is 131 Å². The van der Waals surface area contributed by atoms with Crippen molar-refractivity contribution in [1.29, 1.82) is 0 Å². The van der Waals surface area contributed by atoms with Crippen molar-refractivity contribution in [3.63, 3.8) is 0 Å². The second-order valence-electron chi connectivity index (χ2n) is 31.9. The zero-order chi connectivity index (χ0) is 71.3. The molecule has 0 atom stereocenters. The third-order valence-electron chi connectivity index (χ3n) is 20.1. The molecule has 0 amide bonds. The summed E-state index contributed by atoms with van der Waals surface area (Å²) in [5.74, 6) is 0. The highest BCUT2D eigenvalue weighted by molar-refractivity contribution is 7.00. The number of hydrogen-bond acceptors (Lipinski definition) is 3. The summed E-state index contributed by atoms with van der Waals surface area (Å²) in [5.41, 5.74) is 26.7. The maximum absolute atomic E-state index is 9.64. The number of anilines is 6. The minimum Gasteiger partial charge on any atom is -0.456 e. The molecule has 0 N–H and O–H groups in total. The maximum atomic E-state index is 9.64. The van der Waals surface area contributed by atoms with Crippen LogP contribution in [-0.2, 0) is 27.1 Å². The summed E-state index contributed by atoms with van der Waals surface area (Å²) in [7, 11) is 0. The molecule has 12 aromatic carbocycles. The average molecular weight is 1250 g/mol. The SMILES string of the molecule is [2H]c1c([2H])c([2H])c(-c2ccc3c(c2)N(c2c(-c4ccccc4)cc(C(C)(C)C)cc2-c2ccccc2)c2cc(-c4cc(C(C)(C)C)cc(C(C)(C)C)c4)cc4c2B3c2ccc(-c3cc(C(C)(C)C)cc(C(C)(C)C)c3)cc2N4c2c(-c3ccccc3)ccc3oc4ccccc4c23)c([2H])c1[2H]. The maximum Gasteiger partial charge on any atom is 0.252 e. The van der Waals surface area contributed by atoms with E-state index in [1.54, 1.807) is 0 Å². The van der Waals surface area contributed by atoms with Crippen LogP contribution in [0.3, 0.4) is 0 Å². The fraction of sp³-hybridized carbons (Fsp3) is 0.217. The molecule has 0 spiro atoms. The lowest BCUT2D eigenvalue weighted by Crippen LogP contribution is -2.61. The minimum absolute atomic E-state index is 0.142. The molecule has 13 aromatic rings. The van der Waals surface area contributed by atoms with Crippen LogP contribution in [0.4, 0.5) is 34.1 Å². The largest absolute Gasteiger partial charge is 0.456 e. The Morgan fingerprint density at radius 3 is 1.16 bits per heavy atom. The molecule has 3 nitrogen and oxygen atoms in total. The summed E-state index contributed by atoms with van der Waals surface area (Å²) in [6, 6.07) is 81.1. The highest BCUT2D eigenvalue weighted by Gasteiger charge is 2.46. The van der Waals surface area contributed by atoms with Crippen LogP contribution < -0.4 is 26.2 Å². The number of benzene rings is 12. The van der Waals surface area contributed by atoms with Gasteiger partial charge in [0.25, 0.3) is 6.71 Å². The van der Waals surface area contributed by atoms with Gasteiger partial charge in [-0.2, -0.15) is 0 Å². The third-order valence-corrected chi connectivity index (χ3v) is 20.1. The van der Waals surface area contributed by atoms with E-state index >= 15 is 0 Å². The Labute approximate surface area is 577 Å². The van der Waals surface area contributed by atoms with Gasteiger partial charge >= 0.3 is 0 Å². The number of rotatable bonds is 8. The topological polar surface area (TPSA) is 19.6 Å². The van der Waals surface area contributed by atoms with Crippen LogP contribution in [0.2, 0.25) is 0 Å². The number of furan rings is 1. The predicted molar refractivity (Wildman–Crippen MR) is 414 cm³/mol. The molecule has 474 valence electrons. The molecular formula is C92H87BN2O. The molecular weight excluding hydrogens is 1160 g/mol.